The van der Waals surface area contributed by atoms with Gasteiger partial charge in [-0.25, -0.2) is 0 Å². The van der Waals surface area contributed by atoms with Gasteiger partial charge in [0.2, 0.25) is 11.8 Å². The van der Waals surface area contributed by atoms with Gasteiger partial charge in [-0.15, -0.1) is 0 Å². The molecule has 0 aliphatic carbocycles. The molecule has 6 heteroatoms. The molecule has 5 nitrogen and oxygen atoms in total. The molecular formula is C14H20ClN3O2. The molecule has 1 aromatic rings. The van der Waals surface area contributed by atoms with Crippen LogP contribution >= 0.6 is 11.6 Å². The van der Waals surface area contributed by atoms with Gasteiger partial charge in [-0.1, -0.05) is 25.4 Å². The van der Waals surface area contributed by atoms with Gasteiger partial charge >= 0.3 is 0 Å². The first-order valence-corrected chi connectivity index (χ1v) is 7.04. The second-order valence-electron chi connectivity index (χ2n) is 4.32. The van der Waals surface area contributed by atoms with E-state index in [1.54, 1.807) is 25.1 Å². The highest BCUT2D eigenvalue weighted by Gasteiger charge is 2.07. The Morgan fingerprint density at radius 3 is 2.55 bits per heavy atom. The average molecular weight is 298 g/mol. The first-order chi connectivity index (χ1) is 9.56. The first kappa shape index (κ1) is 16.5. The van der Waals surface area contributed by atoms with Crippen molar-refractivity contribution in [2.24, 2.45) is 0 Å². The molecule has 0 atom stereocenters. The number of benzene rings is 1. The van der Waals surface area contributed by atoms with Crippen LogP contribution in [0.1, 0.15) is 26.7 Å². The molecule has 2 amide bonds. The van der Waals surface area contributed by atoms with Crippen LogP contribution in [0.2, 0.25) is 5.02 Å². The molecule has 1 aromatic carbocycles. The van der Waals surface area contributed by atoms with Crippen LogP contribution < -0.4 is 16.0 Å². The number of halogens is 1. The number of rotatable bonds is 7. The van der Waals surface area contributed by atoms with Gasteiger partial charge < -0.3 is 16.0 Å². The quantitative estimate of drug-likeness (QED) is 0.678. The second kappa shape index (κ2) is 8.55. The maximum atomic E-state index is 11.7. The molecule has 1 rings (SSSR count). The maximum absolute atomic E-state index is 11.7. The van der Waals surface area contributed by atoms with Crippen molar-refractivity contribution in [3.8, 4) is 0 Å². The molecule has 0 bridgehead atoms. The van der Waals surface area contributed by atoms with Crippen molar-refractivity contribution in [3.63, 3.8) is 0 Å². The zero-order valence-corrected chi connectivity index (χ0v) is 12.5. The van der Waals surface area contributed by atoms with Gasteiger partial charge in [0.25, 0.3) is 0 Å². The highest BCUT2D eigenvalue weighted by molar-refractivity contribution is 6.33. The Bertz CT molecular complexity index is 477. The third kappa shape index (κ3) is 5.59. The lowest BCUT2D eigenvalue weighted by molar-refractivity contribution is -0.116. The van der Waals surface area contributed by atoms with Crippen LogP contribution in [0, 0.1) is 0 Å². The molecule has 110 valence electrons. The summed E-state index contributed by atoms with van der Waals surface area (Å²) in [6, 6.07) is 4.98. The highest BCUT2D eigenvalue weighted by Crippen LogP contribution is 2.25. The van der Waals surface area contributed by atoms with Crippen molar-refractivity contribution in [3.05, 3.63) is 23.2 Å². The third-order valence-electron chi connectivity index (χ3n) is 2.56. The minimum atomic E-state index is -0.167. The van der Waals surface area contributed by atoms with Crippen molar-refractivity contribution in [1.82, 2.24) is 5.32 Å². The van der Waals surface area contributed by atoms with Crippen LogP contribution in [0.4, 0.5) is 11.4 Å². The standard InChI is InChI=1S/C14H20ClN3O2/c1-3-7-16-9-14(20)18-12-8-10(5-6-11(12)15)17-13(19)4-2/h5-6,8,16H,3-4,7,9H2,1-2H3,(H,17,19)(H,18,20). The predicted octanol–water partition coefficient (Wildman–Crippen LogP) is 2.63. The summed E-state index contributed by atoms with van der Waals surface area (Å²) < 4.78 is 0. The minimum Gasteiger partial charge on any atom is -0.326 e. The zero-order chi connectivity index (χ0) is 15.0. The Kier molecular flexibility index (Phi) is 7.04. The molecule has 20 heavy (non-hydrogen) atoms. The average Bonchev–Trinajstić information content (AvgIpc) is 2.42. The van der Waals surface area contributed by atoms with Crippen molar-refractivity contribution in [2.45, 2.75) is 26.7 Å². The topological polar surface area (TPSA) is 70.2 Å². The number of amides is 2. The normalized spacial score (nSPS) is 10.2. The fraction of sp³-hybridized carbons (Fsp3) is 0.429. The van der Waals surface area contributed by atoms with Gasteiger partial charge in [-0.3, -0.25) is 9.59 Å². The Labute approximate surface area is 124 Å². The SMILES string of the molecule is CCCNCC(=O)Nc1cc(NC(=O)CC)ccc1Cl. The van der Waals surface area contributed by atoms with E-state index in [0.717, 1.165) is 13.0 Å². The van der Waals surface area contributed by atoms with E-state index in [1.165, 1.54) is 0 Å². The molecular weight excluding hydrogens is 278 g/mol. The summed E-state index contributed by atoms with van der Waals surface area (Å²) in [5.74, 6) is -0.256. The van der Waals surface area contributed by atoms with Crippen LogP contribution in [-0.2, 0) is 9.59 Å². The van der Waals surface area contributed by atoms with E-state index in [-0.39, 0.29) is 18.4 Å². The molecule has 0 radical (unpaired) electrons. The van der Waals surface area contributed by atoms with Crippen molar-refractivity contribution in [1.29, 1.82) is 0 Å². The van der Waals surface area contributed by atoms with Gasteiger partial charge in [-0.2, -0.15) is 0 Å². The molecule has 0 saturated heterocycles. The lowest BCUT2D eigenvalue weighted by atomic mass is 10.2. The molecule has 0 aliphatic heterocycles. The summed E-state index contributed by atoms with van der Waals surface area (Å²) in [7, 11) is 0. The fourth-order valence-corrected chi connectivity index (χ4v) is 1.69. The van der Waals surface area contributed by atoms with Crippen LogP contribution in [0.25, 0.3) is 0 Å². The number of hydrogen-bond donors (Lipinski definition) is 3. The third-order valence-corrected chi connectivity index (χ3v) is 2.89. The number of carbonyl (C=O) groups excluding carboxylic acids is 2. The summed E-state index contributed by atoms with van der Waals surface area (Å²) in [6.45, 7) is 4.82. The fourth-order valence-electron chi connectivity index (χ4n) is 1.52. The van der Waals surface area contributed by atoms with Crippen LogP contribution in [0.3, 0.4) is 0 Å². The number of hydrogen-bond acceptors (Lipinski definition) is 3. The van der Waals surface area contributed by atoms with Gasteiger partial charge in [0.1, 0.15) is 0 Å². The van der Waals surface area contributed by atoms with E-state index in [9.17, 15) is 9.59 Å². The molecule has 0 aliphatic rings. The highest BCUT2D eigenvalue weighted by atomic mass is 35.5. The van der Waals surface area contributed by atoms with Crippen LogP contribution in [0.5, 0.6) is 0 Å². The van der Waals surface area contributed by atoms with Gasteiger partial charge in [0, 0.05) is 12.1 Å². The van der Waals surface area contributed by atoms with Crippen LogP contribution in [0.15, 0.2) is 18.2 Å². The van der Waals surface area contributed by atoms with E-state index >= 15 is 0 Å². The molecule has 0 fully saturated rings. The largest absolute Gasteiger partial charge is 0.326 e. The van der Waals surface area contributed by atoms with E-state index in [4.69, 9.17) is 11.6 Å². The van der Waals surface area contributed by atoms with E-state index in [1.807, 2.05) is 6.92 Å². The lowest BCUT2D eigenvalue weighted by Crippen LogP contribution is -2.28. The number of anilines is 2. The van der Waals surface area contributed by atoms with E-state index in [2.05, 4.69) is 16.0 Å². The lowest BCUT2D eigenvalue weighted by Gasteiger charge is -2.10. The molecule has 0 heterocycles. The van der Waals surface area contributed by atoms with Gasteiger partial charge in [0.05, 0.1) is 17.3 Å². The molecule has 0 saturated carbocycles. The second-order valence-corrected chi connectivity index (χ2v) is 4.73. The first-order valence-electron chi connectivity index (χ1n) is 6.66. The zero-order valence-electron chi connectivity index (χ0n) is 11.8. The summed E-state index contributed by atoms with van der Waals surface area (Å²) >= 11 is 6.02. The van der Waals surface area contributed by atoms with Crippen molar-refractivity contribution in [2.75, 3.05) is 23.7 Å². The predicted molar refractivity (Wildman–Crippen MR) is 82.2 cm³/mol. The Hall–Kier alpha value is -1.59. The van der Waals surface area contributed by atoms with E-state index in [0.29, 0.717) is 22.8 Å². The summed E-state index contributed by atoms with van der Waals surface area (Å²) in [4.78, 5) is 23.0. The molecule has 0 unspecified atom stereocenters. The van der Waals surface area contributed by atoms with Crippen molar-refractivity contribution < 1.29 is 9.59 Å². The summed E-state index contributed by atoms with van der Waals surface area (Å²) in [6.07, 6.45) is 1.36. The monoisotopic (exact) mass is 297 g/mol. The van der Waals surface area contributed by atoms with Gasteiger partial charge in [-0.05, 0) is 31.2 Å². The minimum absolute atomic E-state index is 0.0887. The number of carbonyl (C=O) groups is 2. The number of nitrogens with one attached hydrogen (secondary N) is 3. The maximum Gasteiger partial charge on any atom is 0.238 e. The molecule has 0 spiro atoms. The van der Waals surface area contributed by atoms with Crippen LogP contribution in [-0.4, -0.2) is 24.9 Å². The molecule has 3 N–H and O–H groups in total. The van der Waals surface area contributed by atoms with E-state index < -0.39 is 0 Å². The summed E-state index contributed by atoms with van der Waals surface area (Å²) in [5.41, 5.74) is 1.10. The Balaban J connectivity index is 2.66. The Morgan fingerprint density at radius 1 is 1.15 bits per heavy atom. The Morgan fingerprint density at radius 2 is 1.90 bits per heavy atom. The summed E-state index contributed by atoms with van der Waals surface area (Å²) in [5, 5.41) is 8.88. The molecule has 0 aromatic heterocycles. The van der Waals surface area contributed by atoms with Crippen molar-refractivity contribution >= 4 is 34.8 Å². The smallest absolute Gasteiger partial charge is 0.238 e. The van der Waals surface area contributed by atoms with Gasteiger partial charge in [0.15, 0.2) is 0 Å².